The van der Waals surface area contributed by atoms with Gasteiger partial charge < -0.3 is 35.4 Å². The third-order valence-corrected chi connectivity index (χ3v) is 17.9. The van der Waals surface area contributed by atoms with Gasteiger partial charge >= 0.3 is 6.18 Å². The first kappa shape index (κ1) is 51.6. The number of fused-ring (bicyclic) bond motifs is 3. The summed E-state index contributed by atoms with van der Waals surface area (Å²) in [5, 5.41) is 5.37. The number of halogens is 5. The van der Waals surface area contributed by atoms with E-state index < -0.39 is 64.4 Å². The Morgan fingerprint density at radius 1 is 0.947 bits per heavy atom. The highest BCUT2D eigenvalue weighted by Gasteiger charge is 2.66. The fourth-order valence-corrected chi connectivity index (χ4v) is 14.1. The molecule has 402 valence electrons. The maximum Gasteiger partial charge on any atom is 0.433 e. The van der Waals surface area contributed by atoms with Crippen LogP contribution in [0.4, 0.5) is 34.6 Å². The number of piperidine rings is 2. The Morgan fingerprint density at radius 2 is 1.68 bits per heavy atom. The lowest BCUT2D eigenvalue weighted by Crippen LogP contribution is -2.59. The zero-order chi connectivity index (χ0) is 53.8. The molecule has 4 saturated heterocycles. The minimum absolute atomic E-state index is 0.0199. The second kappa shape index (κ2) is 18.9. The standard InChI is InChI=1S/C56H62ClF4N9O6/c1-53(2,3)27-44-55(30-64-39-24-43(56(59,60)61)63-28-37(39)55)46(36-6-5-7-38(57)47(36)58)48(49(62)72)70(44)40-11-8-31(23-42(40)76-4)51(74)68-20-18-67(19-21-68)34-25-54(26-34)14-16-66(17-15-54)33-9-10-35-32(22-33)29-69(52(35)75)41-12-13-45(71)65-50(41)73/h5-11,22-24,28,34,41,44,46,48,64H,12-21,25-27,29-30H2,1-4H3,(H2,62,72)(H,65,71,73)/t41?,44-,46-,48+,55-/m0/s1. The number of methoxy groups -OCH3 is 1. The first-order chi connectivity index (χ1) is 36.1. The molecule has 1 aliphatic carbocycles. The number of carbonyl (C=O) groups excluding carboxylic acids is 5. The highest BCUT2D eigenvalue weighted by Crippen LogP contribution is 2.61. The maximum atomic E-state index is 16.5. The van der Waals surface area contributed by atoms with Gasteiger partial charge in [-0.1, -0.05) is 44.5 Å². The number of aromatic nitrogens is 1. The Hall–Kier alpha value is -6.47. The Morgan fingerprint density at radius 3 is 2.36 bits per heavy atom. The molecule has 15 nitrogen and oxygen atoms in total. The van der Waals surface area contributed by atoms with E-state index >= 15 is 4.39 Å². The molecule has 3 aromatic carbocycles. The molecule has 76 heavy (non-hydrogen) atoms. The van der Waals surface area contributed by atoms with E-state index in [1.807, 2.05) is 42.7 Å². The Kier molecular flexibility index (Phi) is 12.9. The second-order valence-electron chi connectivity index (χ2n) is 23.2. The van der Waals surface area contributed by atoms with Gasteiger partial charge in [-0.2, -0.15) is 13.2 Å². The fraction of sp³-hybridized carbons (Fsp3) is 0.500. The van der Waals surface area contributed by atoms with Crippen LogP contribution >= 0.6 is 11.6 Å². The van der Waals surface area contributed by atoms with Crippen LogP contribution in [0.15, 0.2) is 66.9 Å². The average Bonchev–Trinajstić information content (AvgIpc) is 4.16. The largest absolute Gasteiger partial charge is 0.495 e. The molecule has 5 fully saturated rings. The quantitative estimate of drug-likeness (QED) is 0.112. The number of primary amides is 1. The summed E-state index contributed by atoms with van der Waals surface area (Å²) in [5.74, 6) is -3.46. The minimum Gasteiger partial charge on any atom is -0.495 e. The van der Waals surface area contributed by atoms with Gasteiger partial charge in [-0.05, 0) is 109 Å². The van der Waals surface area contributed by atoms with E-state index in [2.05, 4.69) is 31.5 Å². The summed E-state index contributed by atoms with van der Waals surface area (Å²) in [5.41, 5.74) is 7.81. The number of pyridine rings is 1. The number of rotatable bonds is 9. The normalized spacial score (nSPS) is 25.7. The van der Waals surface area contributed by atoms with Gasteiger partial charge in [0, 0.05) is 116 Å². The fourth-order valence-electron chi connectivity index (χ4n) is 13.9. The van der Waals surface area contributed by atoms with Crippen molar-refractivity contribution < 1.29 is 46.3 Å². The second-order valence-corrected chi connectivity index (χ2v) is 23.6. The predicted octanol–water partition coefficient (Wildman–Crippen LogP) is 7.50. The summed E-state index contributed by atoms with van der Waals surface area (Å²) in [4.78, 5) is 80.1. The molecule has 0 radical (unpaired) electrons. The number of ether oxygens (including phenoxy) is 1. The summed E-state index contributed by atoms with van der Waals surface area (Å²) in [7, 11) is 1.46. The van der Waals surface area contributed by atoms with E-state index in [1.165, 1.54) is 25.4 Å². The summed E-state index contributed by atoms with van der Waals surface area (Å²) < 4.78 is 64.9. The van der Waals surface area contributed by atoms with Gasteiger partial charge in [0.1, 0.15) is 29.3 Å². The van der Waals surface area contributed by atoms with E-state index in [9.17, 15) is 37.1 Å². The van der Waals surface area contributed by atoms with E-state index in [4.69, 9.17) is 22.1 Å². The van der Waals surface area contributed by atoms with E-state index in [0.29, 0.717) is 60.9 Å². The number of carbonyl (C=O) groups is 5. The number of benzene rings is 3. The number of piperazine rings is 1. The number of nitrogens with zero attached hydrogens (tertiary/aromatic N) is 6. The van der Waals surface area contributed by atoms with Crippen molar-refractivity contribution in [3.05, 3.63) is 111 Å². The maximum absolute atomic E-state index is 16.5. The highest BCUT2D eigenvalue weighted by atomic mass is 35.5. The van der Waals surface area contributed by atoms with Gasteiger partial charge in [0.05, 0.1) is 17.8 Å². The Bertz CT molecular complexity index is 3040. The minimum atomic E-state index is -4.74. The van der Waals surface area contributed by atoms with Gasteiger partial charge in [0.25, 0.3) is 11.8 Å². The summed E-state index contributed by atoms with van der Waals surface area (Å²) >= 11 is 6.43. The van der Waals surface area contributed by atoms with Crippen LogP contribution in [0.3, 0.4) is 0 Å². The Balaban J connectivity index is 0.776. The molecule has 2 spiro atoms. The molecule has 1 unspecified atom stereocenters. The molecule has 6 aliphatic heterocycles. The van der Waals surface area contributed by atoms with Gasteiger partial charge in [-0.15, -0.1) is 0 Å². The van der Waals surface area contributed by atoms with Crippen LogP contribution in [0, 0.1) is 16.6 Å². The van der Waals surface area contributed by atoms with E-state index in [1.54, 1.807) is 29.2 Å². The third kappa shape index (κ3) is 8.78. The van der Waals surface area contributed by atoms with Crippen LogP contribution in [0.25, 0.3) is 0 Å². The topological polar surface area (TPSA) is 174 Å². The van der Waals surface area contributed by atoms with Crippen LogP contribution in [-0.4, -0.2) is 126 Å². The molecule has 11 rings (SSSR count). The van der Waals surface area contributed by atoms with Crippen molar-refractivity contribution in [1.29, 1.82) is 0 Å². The highest BCUT2D eigenvalue weighted by molar-refractivity contribution is 6.30. The molecule has 1 saturated carbocycles. The van der Waals surface area contributed by atoms with Crippen LogP contribution in [0.5, 0.6) is 5.75 Å². The number of anilines is 3. The van der Waals surface area contributed by atoms with Crippen LogP contribution in [0.2, 0.25) is 5.02 Å². The molecule has 7 aliphatic rings. The summed E-state index contributed by atoms with van der Waals surface area (Å²) in [6, 6.07) is 14.2. The van der Waals surface area contributed by atoms with Crippen molar-refractivity contribution in [2.75, 3.05) is 68.0 Å². The zero-order valence-electron chi connectivity index (χ0n) is 42.9. The van der Waals surface area contributed by atoms with Crippen molar-refractivity contribution in [1.82, 2.24) is 25.0 Å². The van der Waals surface area contributed by atoms with Crippen LogP contribution < -0.4 is 30.9 Å². The van der Waals surface area contributed by atoms with Crippen LogP contribution in [0.1, 0.15) is 115 Å². The van der Waals surface area contributed by atoms with E-state index in [-0.39, 0.29) is 58.1 Å². The molecule has 5 amide bonds. The zero-order valence-corrected chi connectivity index (χ0v) is 43.7. The molecule has 4 N–H and O–H groups in total. The monoisotopic (exact) mass is 1070 g/mol. The lowest BCUT2D eigenvalue weighted by Gasteiger charge is -2.56. The molecular weight excluding hydrogens is 1010 g/mol. The number of alkyl halides is 3. The average molecular weight is 1070 g/mol. The third-order valence-electron chi connectivity index (χ3n) is 17.6. The molecule has 20 heteroatoms. The van der Waals surface area contributed by atoms with Crippen LogP contribution in [-0.2, 0) is 32.5 Å². The molecule has 0 bridgehead atoms. The lowest BCUT2D eigenvalue weighted by molar-refractivity contribution is -0.141. The number of imide groups is 1. The summed E-state index contributed by atoms with van der Waals surface area (Å²) in [6.07, 6.45) is 1.63. The van der Waals surface area contributed by atoms with Gasteiger partial charge in [-0.25, -0.2) is 4.39 Å². The molecule has 7 heterocycles. The van der Waals surface area contributed by atoms with Gasteiger partial charge in [0.15, 0.2) is 0 Å². The first-order valence-corrected chi connectivity index (χ1v) is 26.5. The smallest absolute Gasteiger partial charge is 0.433 e. The first-order valence-electron chi connectivity index (χ1n) is 26.2. The van der Waals surface area contributed by atoms with E-state index in [0.717, 1.165) is 69.2 Å². The number of hydrogen-bond donors (Lipinski definition) is 3. The predicted molar refractivity (Wildman–Crippen MR) is 277 cm³/mol. The SMILES string of the molecule is COc1cc(C(=O)N2CCN(C3CC4(CCN(c5ccc6c(c5)CN(C5CCC(=O)NC5=O)C6=O)CC4)C3)CC2)ccc1N1[C@@H](CC(C)(C)C)[C@@]2(CNc3cc(C(F)(F)F)ncc32)[C@@H](c2cccc(Cl)c2F)[C@@H]1C(N)=O. The van der Waals surface area contributed by atoms with Crippen molar-refractivity contribution >= 4 is 58.2 Å². The van der Waals surface area contributed by atoms with Crippen molar-refractivity contribution in [2.24, 2.45) is 16.6 Å². The number of nitrogens with two attached hydrogens (primary N) is 1. The Labute approximate surface area is 443 Å². The van der Waals surface area contributed by atoms with Gasteiger partial charge in [0.2, 0.25) is 17.7 Å². The summed E-state index contributed by atoms with van der Waals surface area (Å²) in [6.45, 7) is 10.7. The van der Waals surface area contributed by atoms with Crippen molar-refractivity contribution in [2.45, 2.75) is 114 Å². The molecule has 5 atom stereocenters. The molecule has 1 aromatic heterocycles. The number of hydrogen-bond acceptors (Lipinski definition) is 11. The number of nitrogens with one attached hydrogen (secondary N) is 2. The van der Waals surface area contributed by atoms with Crippen molar-refractivity contribution in [3.8, 4) is 5.75 Å². The molecule has 4 aromatic rings. The van der Waals surface area contributed by atoms with Gasteiger partial charge in [-0.3, -0.25) is 39.2 Å². The molecular formula is C56H62ClF4N9O6. The number of amides is 5. The van der Waals surface area contributed by atoms with Crippen molar-refractivity contribution in [3.63, 3.8) is 0 Å². The lowest BCUT2D eigenvalue weighted by atomic mass is 9.60.